The quantitative estimate of drug-likeness (QED) is 0.515. The number of halogens is 1. The largest absolute Gasteiger partial charge is 0.463 e. The molecule has 0 radical (unpaired) electrons. The van der Waals surface area contributed by atoms with Crippen LogP contribution in [0.25, 0.3) is 0 Å². The summed E-state index contributed by atoms with van der Waals surface area (Å²) < 4.78 is 16.0. The van der Waals surface area contributed by atoms with E-state index in [4.69, 9.17) is 0 Å². The Morgan fingerprint density at radius 1 is 1.42 bits per heavy atom. The van der Waals surface area contributed by atoms with E-state index in [1.807, 2.05) is 0 Å². The highest BCUT2D eigenvalue weighted by Crippen LogP contribution is 2.16. The van der Waals surface area contributed by atoms with Crippen molar-refractivity contribution in [3.05, 3.63) is 34.4 Å². The first-order chi connectivity index (χ1) is 5.74. The smallest absolute Gasteiger partial charge is 0.269 e. The van der Waals surface area contributed by atoms with Gasteiger partial charge in [-0.25, -0.2) is 4.39 Å². The van der Waals surface area contributed by atoms with E-state index >= 15 is 0 Å². The van der Waals surface area contributed by atoms with Gasteiger partial charge in [0.25, 0.3) is 5.69 Å². The van der Waals surface area contributed by atoms with Crippen molar-refractivity contribution in [3.8, 4) is 5.75 Å². The van der Waals surface area contributed by atoms with Crippen LogP contribution in [0.2, 0.25) is 0 Å². The molecule has 0 atom stereocenters. The molecule has 0 aromatic heterocycles. The van der Waals surface area contributed by atoms with Gasteiger partial charge in [0.1, 0.15) is 5.75 Å². The lowest BCUT2D eigenvalue weighted by Crippen LogP contribution is -1.91. The third-order valence-corrected chi connectivity index (χ3v) is 1.27. The SMILES string of the molecule is O=[N+]([O-])c1ccc(OCF)cc1. The molecule has 0 heterocycles. The number of nitrogens with zero attached hydrogens (tertiary/aromatic N) is 1. The van der Waals surface area contributed by atoms with Gasteiger partial charge in [0, 0.05) is 12.1 Å². The van der Waals surface area contributed by atoms with Crippen molar-refractivity contribution in [1.29, 1.82) is 0 Å². The summed E-state index contributed by atoms with van der Waals surface area (Å²) in [6, 6.07) is 5.20. The van der Waals surface area contributed by atoms with Crippen molar-refractivity contribution in [2.75, 3.05) is 6.86 Å². The van der Waals surface area contributed by atoms with E-state index in [0.717, 1.165) is 0 Å². The minimum atomic E-state index is -0.933. The number of ether oxygens (including phenoxy) is 1. The maximum atomic E-state index is 11.6. The lowest BCUT2D eigenvalue weighted by Gasteiger charge is -1.98. The van der Waals surface area contributed by atoms with Crippen molar-refractivity contribution >= 4 is 5.69 Å². The summed E-state index contributed by atoms with van der Waals surface area (Å²) >= 11 is 0. The van der Waals surface area contributed by atoms with Crippen LogP contribution < -0.4 is 4.74 Å². The zero-order chi connectivity index (χ0) is 8.97. The van der Waals surface area contributed by atoms with Gasteiger partial charge >= 0.3 is 0 Å². The van der Waals surface area contributed by atoms with Crippen LogP contribution in [0.4, 0.5) is 10.1 Å². The van der Waals surface area contributed by atoms with Crippen molar-refractivity contribution in [3.63, 3.8) is 0 Å². The molecule has 5 heteroatoms. The van der Waals surface area contributed by atoms with E-state index in [2.05, 4.69) is 4.74 Å². The lowest BCUT2D eigenvalue weighted by molar-refractivity contribution is -0.384. The van der Waals surface area contributed by atoms with E-state index < -0.39 is 11.8 Å². The Morgan fingerprint density at radius 3 is 2.42 bits per heavy atom. The Morgan fingerprint density at radius 2 is 2.00 bits per heavy atom. The number of hydrogen-bond acceptors (Lipinski definition) is 3. The molecule has 0 amide bonds. The fourth-order valence-corrected chi connectivity index (χ4v) is 0.727. The van der Waals surface area contributed by atoms with E-state index in [9.17, 15) is 14.5 Å². The van der Waals surface area contributed by atoms with Gasteiger partial charge in [-0.15, -0.1) is 0 Å². The molecule has 0 aliphatic carbocycles. The number of nitro groups is 1. The molecule has 0 N–H and O–H groups in total. The van der Waals surface area contributed by atoms with Gasteiger partial charge < -0.3 is 4.74 Å². The summed E-state index contributed by atoms with van der Waals surface area (Å²) in [5, 5.41) is 10.2. The van der Waals surface area contributed by atoms with Gasteiger partial charge in [-0.05, 0) is 12.1 Å². The summed E-state index contributed by atoms with van der Waals surface area (Å²) in [4.78, 5) is 9.63. The highest BCUT2D eigenvalue weighted by Gasteiger charge is 2.03. The number of non-ortho nitro benzene ring substituents is 1. The number of benzene rings is 1. The second kappa shape index (κ2) is 3.66. The minimum Gasteiger partial charge on any atom is -0.463 e. The summed E-state index contributed by atoms with van der Waals surface area (Å²) in [5.74, 6) is 0.281. The second-order valence-electron chi connectivity index (χ2n) is 2.00. The fraction of sp³-hybridized carbons (Fsp3) is 0.143. The topological polar surface area (TPSA) is 52.4 Å². The zero-order valence-electron chi connectivity index (χ0n) is 6.07. The predicted molar refractivity (Wildman–Crippen MR) is 39.7 cm³/mol. The second-order valence-corrected chi connectivity index (χ2v) is 2.00. The monoisotopic (exact) mass is 171 g/mol. The van der Waals surface area contributed by atoms with Gasteiger partial charge in [-0.1, -0.05) is 0 Å². The van der Waals surface area contributed by atoms with E-state index in [1.165, 1.54) is 24.3 Å². The van der Waals surface area contributed by atoms with Crippen LogP contribution in [-0.2, 0) is 0 Å². The molecule has 64 valence electrons. The van der Waals surface area contributed by atoms with Crippen LogP contribution in [0, 0.1) is 10.1 Å². The highest BCUT2D eigenvalue weighted by atomic mass is 19.1. The maximum absolute atomic E-state index is 11.6. The standard InChI is InChI=1S/C7H6FNO3/c8-5-12-7-3-1-6(2-4-7)9(10)11/h1-4H,5H2. The molecule has 1 aromatic carbocycles. The lowest BCUT2D eigenvalue weighted by atomic mass is 10.3. The molecule has 0 saturated heterocycles. The third kappa shape index (κ3) is 1.91. The van der Waals surface area contributed by atoms with Crippen LogP contribution in [0.5, 0.6) is 5.75 Å². The molecule has 0 aliphatic heterocycles. The average Bonchev–Trinajstić information content (AvgIpc) is 2.06. The molecule has 0 aliphatic rings. The van der Waals surface area contributed by atoms with Crippen LogP contribution >= 0.6 is 0 Å². The van der Waals surface area contributed by atoms with Crippen LogP contribution in [0.15, 0.2) is 24.3 Å². The summed E-state index contributed by atoms with van der Waals surface area (Å²) in [6.45, 7) is -0.933. The molecule has 4 nitrogen and oxygen atoms in total. The summed E-state index contributed by atoms with van der Waals surface area (Å²) in [5.41, 5.74) is -0.0405. The summed E-state index contributed by atoms with van der Waals surface area (Å²) in [6.07, 6.45) is 0. The van der Waals surface area contributed by atoms with Crippen molar-refractivity contribution in [1.82, 2.24) is 0 Å². The van der Waals surface area contributed by atoms with E-state index in [1.54, 1.807) is 0 Å². The maximum Gasteiger partial charge on any atom is 0.269 e. The Labute approximate surface area is 67.7 Å². The Hall–Kier alpha value is -1.65. The molecule has 0 bridgehead atoms. The first kappa shape index (κ1) is 8.45. The molecule has 1 rings (SSSR count). The third-order valence-electron chi connectivity index (χ3n) is 1.27. The Balaban J connectivity index is 2.78. The van der Waals surface area contributed by atoms with Gasteiger partial charge in [-0.2, -0.15) is 0 Å². The molecular weight excluding hydrogens is 165 g/mol. The Kier molecular flexibility index (Phi) is 2.57. The van der Waals surface area contributed by atoms with Crippen LogP contribution in [-0.4, -0.2) is 11.8 Å². The molecule has 1 aromatic rings. The predicted octanol–water partition coefficient (Wildman–Crippen LogP) is 1.90. The molecule has 0 saturated carbocycles. The molecule has 12 heavy (non-hydrogen) atoms. The van der Waals surface area contributed by atoms with E-state index in [-0.39, 0.29) is 11.4 Å². The van der Waals surface area contributed by atoms with Gasteiger partial charge in [0.05, 0.1) is 4.92 Å². The Bertz CT molecular complexity index is 272. The first-order valence-electron chi connectivity index (χ1n) is 3.17. The molecular formula is C7H6FNO3. The number of alkyl halides is 1. The summed E-state index contributed by atoms with van der Waals surface area (Å²) in [7, 11) is 0. The minimum absolute atomic E-state index is 0.0405. The van der Waals surface area contributed by atoms with Gasteiger partial charge in [0.2, 0.25) is 6.86 Å². The zero-order valence-corrected chi connectivity index (χ0v) is 6.07. The molecule has 0 unspecified atom stereocenters. The van der Waals surface area contributed by atoms with Gasteiger partial charge in [-0.3, -0.25) is 10.1 Å². The average molecular weight is 171 g/mol. The van der Waals surface area contributed by atoms with Crippen LogP contribution in [0.1, 0.15) is 0 Å². The number of rotatable bonds is 3. The van der Waals surface area contributed by atoms with E-state index in [0.29, 0.717) is 0 Å². The van der Waals surface area contributed by atoms with Gasteiger partial charge in [0.15, 0.2) is 0 Å². The normalized spacial score (nSPS) is 9.42. The van der Waals surface area contributed by atoms with Crippen molar-refractivity contribution in [2.45, 2.75) is 0 Å². The molecule has 0 fully saturated rings. The van der Waals surface area contributed by atoms with Crippen molar-refractivity contribution in [2.24, 2.45) is 0 Å². The highest BCUT2D eigenvalue weighted by molar-refractivity contribution is 5.35. The first-order valence-corrected chi connectivity index (χ1v) is 3.17. The molecule has 0 spiro atoms. The van der Waals surface area contributed by atoms with Crippen molar-refractivity contribution < 1.29 is 14.1 Å². The fourth-order valence-electron chi connectivity index (χ4n) is 0.727. The number of nitro benzene ring substituents is 1. The number of hydrogen-bond donors (Lipinski definition) is 0. The van der Waals surface area contributed by atoms with Crippen LogP contribution in [0.3, 0.4) is 0 Å².